The maximum absolute atomic E-state index is 12.0. The predicted octanol–water partition coefficient (Wildman–Crippen LogP) is 3.51. The van der Waals surface area contributed by atoms with Crippen molar-refractivity contribution < 1.29 is 9.21 Å². The van der Waals surface area contributed by atoms with Gasteiger partial charge < -0.3 is 20.4 Å². The quantitative estimate of drug-likeness (QED) is 0.409. The molecule has 0 fully saturated rings. The smallest absolute Gasteiger partial charge is 0.291 e. The van der Waals surface area contributed by atoms with E-state index < -0.39 is 0 Å². The van der Waals surface area contributed by atoms with E-state index in [1.165, 1.54) is 11.1 Å². The first-order chi connectivity index (χ1) is 14.0. The van der Waals surface area contributed by atoms with E-state index in [1.807, 2.05) is 31.2 Å². The number of furan rings is 1. The zero-order valence-corrected chi connectivity index (χ0v) is 17.6. The molecule has 7 nitrogen and oxygen atoms in total. The Hall–Kier alpha value is -3.13. The molecule has 8 heteroatoms. The van der Waals surface area contributed by atoms with Crippen molar-refractivity contribution >= 4 is 28.9 Å². The van der Waals surface area contributed by atoms with E-state index >= 15 is 0 Å². The second kappa shape index (κ2) is 9.88. The highest BCUT2D eigenvalue weighted by molar-refractivity contribution is 7.11. The van der Waals surface area contributed by atoms with Gasteiger partial charge in [0, 0.05) is 37.1 Å². The van der Waals surface area contributed by atoms with Gasteiger partial charge in [-0.25, -0.2) is 4.98 Å². The van der Waals surface area contributed by atoms with Crippen molar-refractivity contribution in [1.82, 2.24) is 15.6 Å². The Morgan fingerprint density at radius 1 is 1.17 bits per heavy atom. The summed E-state index contributed by atoms with van der Waals surface area (Å²) in [5.74, 6) is 0.759. The van der Waals surface area contributed by atoms with E-state index in [0.717, 1.165) is 35.2 Å². The molecular formula is C21H25N5O2S. The monoisotopic (exact) mass is 411 g/mol. The molecule has 0 unspecified atom stereocenters. The summed E-state index contributed by atoms with van der Waals surface area (Å²) in [6.45, 7) is 5.53. The number of aromatic nitrogens is 1. The summed E-state index contributed by atoms with van der Waals surface area (Å²) in [6, 6.07) is 11.0. The van der Waals surface area contributed by atoms with Gasteiger partial charge in [-0.05, 0) is 43.7 Å². The highest BCUT2D eigenvalue weighted by Gasteiger charge is 2.08. The summed E-state index contributed by atoms with van der Waals surface area (Å²) >= 11 is 1.74. The molecule has 1 amide bonds. The molecule has 0 aliphatic carbocycles. The average Bonchev–Trinajstić information content (AvgIpc) is 3.36. The molecule has 0 spiro atoms. The van der Waals surface area contributed by atoms with Gasteiger partial charge in [0.05, 0.1) is 17.0 Å². The number of benzene rings is 1. The van der Waals surface area contributed by atoms with Gasteiger partial charge in [0.25, 0.3) is 5.91 Å². The van der Waals surface area contributed by atoms with Gasteiger partial charge in [0.1, 0.15) is 0 Å². The lowest BCUT2D eigenvalue weighted by Gasteiger charge is -2.12. The number of aliphatic imine (C=N–C) groups is 1. The van der Waals surface area contributed by atoms with E-state index in [-0.39, 0.29) is 11.7 Å². The molecule has 29 heavy (non-hydrogen) atoms. The number of guanidine groups is 1. The van der Waals surface area contributed by atoms with E-state index in [2.05, 4.69) is 32.9 Å². The lowest BCUT2D eigenvalue weighted by molar-refractivity contribution is 0.0996. The number of nitrogens with one attached hydrogen (secondary N) is 3. The summed E-state index contributed by atoms with van der Waals surface area (Å²) < 4.78 is 5.09. The van der Waals surface area contributed by atoms with Crippen LogP contribution in [-0.2, 0) is 13.0 Å². The summed E-state index contributed by atoms with van der Waals surface area (Å²) in [4.78, 5) is 22.1. The van der Waals surface area contributed by atoms with Crippen LogP contribution >= 0.6 is 11.3 Å². The first-order valence-corrected chi connectivity index (χ1v) is 10.2. The van der Waals surface area contributed by atoms with Crippen molar-refractivity contribution in [1.29, 1.82) is 0 Å². The standard InChI is InChI=1S/C21H25N5O2S/c1-14-15(2)29-19(25-14)10-11-23-21(22-3)24-13-16-6-8-17(9-7-16)26-20(27)18-5-4-12-28-18/h4-9,12H,10-11,13H2,1-3H3,(H,26,27)(H2,22,23,24). The zero-order valence-electron chi connectivity index (χ0n) is 16.8. The van der Waals surface area contributed by atoms with Crippen LogP contribution in [0.3, 0.4) is 0 Å². The molecule has 2 heterocycles. The number of hydrogen-bond acceptors (Lipinski definition) is 5. The van der Waals surface area contributed by atoms with Crippen LogP contribution in [0.1, 0.15) is 31.7 Å². The third-order valence-corrected chi connectivity index (χ3v) is 5.48. The molecule has 0 aliphatic rings. The van der Waals surface area contributed by atoms with Gasteiger partial charge >= 0.3 is 0 Å². The minimum absolute atomic E-state index is 0.268. The topological polar surface area (TPSA) is 91.5 Å². The molecule has 3 rings (SSSR count). The van der Waals surface area contributed by atoms with Crippen molar-refractivity contribution in [2.45, 2.75) is 26.8 Å². The van der Waals surface area contributed by atoms with Gasteiger partial charge in [-0.1, -0.05) is 12.1 Å². The van der Waals surface area contributed by atoms with Crippen LogP contribution in [0.4, 0.5) is 5.69 Å². The maximum atomic E-state index is 12.0. The second-order valence-corrected chi connectivity index (χ2v) is 7.77. The fraction of sp³-hybridized carbons (Fsp3) is 0.286. The molecular weight excluding hydrogens is 386 g/mol. The van der Waals surface area contributed by atoms with E-state index in [4.69, 9.17) is 4.42 Å². The van der Waals surface area contributed by atoms with E-state index in [9.17, 15) is 4.79 Å². The highest BCUT2D eigenvalue weighted by atomic mass is 32.1. The van der Waals surface area contributed by atoms with Gasteiger partial charge in [-0.2, -0.15) is 0 Å². The van der Waals surface area contributed by atoms with Crippen LogP contribution in [-0.4, -0.2) is 30.4 Å². The van der Waals surface area contributed by atoms with Crippen molar-refractivity contribution in [3.05, 3.63) is 69.6 Å². The number of rotatable bonds is 7. The van der Waals surface area contributed by atoms with Crippen LogP contribution < -0.4 is 16.0 Å². The normalized spacial score (nSPS) is 11.3. The lowest BCUT2D eigenvalue weighted by Crippen LogP contribution is -2.37. The van der Waals surface area contributed by atoms with Crippen molar-refractivity contribution in [3.63, 3.8) is 0 Å². The first-order valence-electron chi connectivity index (χ1n) is 9.36. The van der Waals surface area contributed by atoms with Gasteiger partial charge in [0.2, 0.25) is 0 Å². The largest absolute Gasteiger partial charge is 0.459 e. The van der Waals surface area contributed by atoms with Crippen LogP contribution in [0.2, 0.25) is 0 Å². The third kappa shape index (κ3) is 5.92. The van der Waals surface area contributed by atoms with Crippen molar-refractivity contribution in [3.8, 4) is 0 Å². The first kappa shape index (κ1) is 20.6. The van der Waals surface area contributed by atoms with E-state index in [1.54, 1.807) is 30.5 Å². The number of carbonyl (C=O) groups is 1. The molecule has 0 aliphatic heterocycles. The Balaban J connectivity index is 1.43. The van der Waals surface area contributed by atoms with Crippen molar-refractivity contribution in [2.24, 2.45) is 4.99 Å². The molecule has 2 aromatic heterocycles. The van der Waals surface area contributed by atoms with Gasteiger partial charge in [-0.3, -0.25) is 9.79 Å². The number of aryl methyl sites for hydroxylation is 2. The molecule has 152 valence electrons. The molecule has 3 aromatic rings. The molecule has 3 N–H and O–H groups in total. The number of nitrogens with zero attached hydrogens (tertiary/aromatic N) is 2. The van der Waals surface area contributed by atoms with Crippen LogP contribution in [0, 0.1) is 13.8 Å². The fourth-order valence-corrected chi connectivity index (χ4v) is 3.58. The van der Waals surface area contributed by atoms with Gasteiger partial charge in [0.15, 0.2) is 11.7 Å². The number of amides is 1. The minimum atomic E-state index is -0.268. The van der Waals surface area contributed by atoms with Crippen LogP contribution in [0.25, 0.3) is 0 Å². The molecule has 0 saturated carbocycles. The summed E-state index contributed by atoms with van der Waals surface area (Å²) in [6.07, 6.45) is 2.34. The summed E-state index contributed by atoms with van der Waals surface area (Å²) in [7, 11) is 1.75. The van der Waals surface area contributed by atoms with Crippen LogP contribution in [0.5, 0.6) is 0 Å². The predicted molar refractivity (Wildman–Crippen MR) is 117 cm³/mol. The Bertz CT molecular complexity index is 942. The zero-order chi connectivity index (χ0) is 20.6. The number of thiazole rings is 1. The Labute approximate surface area is 174 Å². The molecule has 1 aromatic carbocycles. The lowest BCUT2D eigenvalue weighted by atomic mass is 10.2. The molecule has 0 radical (unpaired) electrons. The summed E-state index contributed by atoms with van der Waals surface area (Å²) in [5, 5.41) is 10.5. The van der Waals surface area contributed by atoms with E-state index in [0.29, 0.717) is 12.2 Å². The minimum Gasteiger partial charge on any atom is -0.459 e. The fourth-order valence-electron chi connectivity index (χ4n) is 2.65. The number of hydrogen-bond donors (Lipinski definition) is 3. The third-order valence-electron chi connectivity index (χ3n) is 4.34. The molecule has 0 atom stereocenters. The molecule has 0 saturated heterocycles. The van der Waals surface area contributed by atoms with Crippen LogP contribution in [0.15, 0.2) is 52.1 Å². The average molecular weight is 412 g/mol. The summed E-state index contributed by atoms with van der Waals surface area (Å²) in [5.41, 5.74) is 2.90. The second-order valence-electron chi connectivity index (χ2n) is 6.48. The number of carbonyl (C=O) groups excluding carboxylic acids is 1. The van der Waals surface area contributed by atoms with Crippen molar-refractivity contribution in [2.75, 3.05) is 18.9 Å². The highest BCUT2D eigenvalue weighted by Crippen LogP contribution is 2.16. The maximum Gasteiger partial charge on any atom is 0.291 e. The number of anilines is 1. The Morgan fingerprint density at radius 3 is 2.59 bits per heavy atom. The SMILES string of the molecule is CN=C(NCCc1nc(C)c(C)s1)NCc1ccc(NC(=O)c2ccco2)cc1. The van der Waals surface area contributed by atoms with Gasteiger partial charge in [-0.15, -0.1) is 11.3 Å². The Morgan fingerprint density at radius 2 is 1.97 bits per heavy atom. The molecule has 0 bridgehead atoms. The Kier molecular flexibility index (Phi) is 7.02.